The van der Waals surface area contributed by atoms with E-state index < -0.39 is 0 Å². The molecule has 1 aromatic rings. The lowest BCUT2D eigenvalue weighted by atomic mass is 10.1. The quantitative estimate of drug-likeness (QED) is 0.844. The average Bonchev–Trinajstić information content (AvgIpc) is 2.61. The molecule has 2 rings (SSSR count). The smallest absolute Gasteiger partial charge is 0.122 e. The average molecular weight is 220 g/mol. The van der Waals surface area contributed by atoms with Crippen molar-refractivity contribution in [3.05, 3.63) is 23.8 Å². The maximum absolute atomic E-state index is 6.02. The van der Waals surface area contributed by atoms with E-state index in [1.807, 2.05) is 13.8 Å². The predicted molar refractivity (Wildman–Crippen MR) is 67.2 cm³/mol. The standard InChI is InChI=1S/C13H20N2O/c1-13(2,14)9-15(3)11-4-5-12-10(8-11)6-7-16-12/h4-5,8H,6-7,9,14H2,1-3H3. The van der Waals surface area contributed by atoms with E-state index in [-0.39, 0.29) is 5.54 Å². The Morgan fingerprint density at radius 3 is 2.88 bits per heavy atom. The first-order chi connectivity index (χ1) is 7.46. The molecule has 0 amide bonds. The molecule has 0 aliphatic carbocycles. The molecule has 0 atom stereocenters. The highest BCUT2D eigenvalue weighted by molar-refractivity contribution is 5.54. The molecule has 0 unspecified atom stereocenters. The Kier molecular flexibility index (Phi) is 2.80. The molecule has 0 bridgehead atoms. The van der Waals surface area contributed by atoms with Crippen molar-refractivity contribution in [2.24, 2.45) is 5.73 Å². The molecule has 0 spiro atoms. The fourth-order valence-corrected chi connectivity index (χ4v) is 2.11. The maximum Gasteiger partial charge on any atom is 0.122 e. The zero-order valence-electron chi connectivity index (χ0n) is 10.3. The lowest BCUT2D eigenvalue weighted by Crippen LogP contribution is -2.44. The molecular weight excluding hydrogens is 200 g/mol. The predicted octanol–water partition coefficient (Wildman–Crippen LogP) is 1.79. The number of likely N-dealkylation sites (N-methyl/N-ethyl adjacent to an activating group) is 1. The first-order valence-corrected chi connectivity index (χ1v) is 5.71. The maximum atomic E-state index is 6.02. The van der Waals surface area contributed by atoms with Crippen molar-refractivity contribution < 1.29 is 4.74 Å². The summed E-state index contributed by atoms with van der Waals surface area (Å²) in [5.41, 5.74) is 8.36. The molecule has 0 saturated carbocycles. The molecule has 1 aliphatic rings. The molecule has 3 heteroatoms. The van der Waals surface area contributed by atoms with Crippen LogP contribution in [0, 0.1) is 0 Å². The minimum Gasteiger partial charge on any atom is -0.493 e. The summed E-state index contributed by atoms with van der Waals surface area (Å²) in [5.74, 6) is 1.03. The van der Waals surface area contributed by atoms with Gasteiger partial charge in [-0.05, 0) is 37.6 Å². The number of fused-ring (bicyclic) bond motifs is 1. The number of anilines is 1. The molecule has 2 N–H and O–H groups in total. The molecule has 0 fully saturated rings. The number of rotatable bonds is 3. The summed E-state index contributed by atoms with van der Waals surface area (Å²) in [5, 5.41) is 0. The van der Waals surface area contributed by atoms with Crippen molar-refractivity contribution in [1.29, 1.82) is 0 Å². The van der Waals surface area contributed by atoms with Gasteiger partial charge in [-0.3, -0.25) is 0 Å². The van der Waals surface area contributed by atoms with Gasteiger partial charge in [-0.15, -0.1) is 0 Å². The largest absolute Gasteiger partial charge is 0.493 e. The Morgan fingerprint density at radius 2 is 2.19 bits per heavy atom. The van der Waals surface area contributed by atoms with Crippen LogP contribution in [0.3, 0.4) is 0 Å². The first kappa shape index (κ1) is 11.3. The van der Waals surface area contributed by atoms with Crippen LogP contribution in [0.25, 0.3) is 0 Å². The number of ether oxygens (including phenoxy) is 1. The molecule has 0 saturated heterocycles. The Hall–Kier alpha value is -1.22. The third kappa shape index (κ3) is 2.47. The second-order valence-corrected chi connectivity index (χ2v) is 5.24. The normalized spacial score (nSPS) is 14.5. The molecule has 0 aromatic heterocycles. The minimum absolute atomic E-state index is 0.176. The zero-order valence-corrected chi connectivity index (χ0v) is 10.3. The summed E-state index contributed by atoms with van der Waals surface area (Å²) in [7, 11) is 2.08. The van der Waals surface area contributed by atoms with E-state index in [1.54, 1.807) is 0 Å². The SMILES string of the molecule is CN(CC(C)(C)N)c1ccc2c(c1)CCO2. The third-order valence-electron chi connectivity index (χ3n) is 2.76. The van der Waals surface area contributed by atoms with E-state index in [1.165, 1.54) is 11.3 Å². The molecule has 3 nitrogen and oxygen atoms in total. The van der Waals surface area contributed by atoms with E-state index >= 15 is 0 Å². The van der Waals surface area contributed by atoms with E-state index in [0.717, 1.165) is 25.3 Å². The third-order valence-corrected chi connectivity index (χ3v) is 2.76. The monoisotopic (exact) mass is 220 g/mol. The van der Waals surface area contributed by atoms with Gasteiger partial charge in [0.2, 0.25) is 0 Å². The van der Waals surface area contributed by atoms with Gasteiger partial charge < -0.3 is 15.4 Å². The number of nitrogens with zero attached hydrogens (tertiary/aromatic N) is 1. The van der Waals surface area contributed by atoms with Gasteiger partial charge in [0, 0.05) is 31.2 Å². The van der Waals surface area contributed by atoms with Gasteiger partial charge in [0.05, 0.1) is 6.61 Å². The summed E-state index contributed by atoms with van der Waals surface area (Å²) >= 11 is 0. The van der Waals surface area contributed by atoms with Crippen molar-refractivity contribution in [3.63, 3.8) is 0 Å². The van der Waals surface area contributed by atoms with E-state index in [9.17, 15) is 0 Å². The van der Waals surface area contributed by atoms with Crippen LogP contribution in [0.15, 0.2) is 18.2 Å². The van der Waals surface area contributed by atoms with Gasteiger partial charge in [-0.2, -0.15) is 0 Å². The van der Waals surface area contributed by atoms with E-state index in [2.05, 4.69) is 30.1 Å². The highest BCUT2D eigenvalue weighted by atomic mass is 16.5. The molecule has 1 heterocycles. The van der Waals surface area contributed by atoms with Crippen LogP contribution in [0.2, 0.25) is 0 Å². The number of benzene rings is 1. The lowest BCUT2D eigenvalue weighted by Gasteiger charge is -2.28. The second-order valence-electron chi connectivity index (χ2n) is 5.24. The van der Waals surface area contributed by atoms with Crippen molar-refractivity contribution in [2.45, 2.75) is 25.8 Å². The summed E-state index contributed by atoms with van der Waals surface area (Å²) < 4.78 is 5.49. The highest BCUT2D eigenvalue weighted by Gasteiger charge is 2.17. The topological polar surface area (TPSA) is 38.5 Å². The van der Waals surface area contributed by atoms with Crippen molar-refractivity contribution >= 4 is 5.69 Å². The van der Waals surface area contributed by atoms with Crippen molar-refractivity contribution in [2.75, 3.05) is 25.1 Å². The summed E-state index contributed by atoms with van der Waals surface area (Å²) in [6, 6.07) is 6.35. The number of nitrogens with two attached hydrogens (primary N) is 1. The molecule has 88 valence electrons. The highest BCUT2D eigenvalue weighted by Crippen LogP contribution is 2.29. The Balaban J connectivity index is 2.15. The van der Waals surface area contributed by atoms with Gasteiger partial charge >= 0.3 is 0 Å². The molecule has 16 heavy (non-hydrogen) atoms. The van der Waals surface area contributed by atoms with Crippen LogP contribution >= 0.6 is 0 Å². The Labute approximate surface area is 97.2 Å². The second kappa shape index (κ2) is 3.98. The van der Waals surface area contributed by atoms with Gasteiger partial charge in [0.1, 0.15) is 5.75 Å². The zero-order chi connectivity index (χ0) is 11.8. The summed E-state index contributed by atoms with van der Waals surface area (Å²) in [4.78, 5) is 2.19. The fraction of sp³-hybridized carbons (Fsp3) is 0.538. The van der Waals surface area contributed by atoms with Crippen LogP contribution < -0.4 is 15.4 Å². The lowest BCUT2D eigenvalue weighted by molar-refractivity contribution is 0.357. The first-order valence-electron chi connectivity index (χ1n) is 5.71. The molecular formula is C13H20N2O. The van der Waals surface area contributed by atoms with Crippen LogP contribution in [-0.4, -0.2) is 25.7 Å². The van der Waals surface area contributed by atoms with Gasteiger partial charge in [0.15, 0.2) is 0 Å². The van der Waals surface area contributed by atoms with Crippen LogP contribution in [0.5, 0.6) is 5.75 Å². The van der Waals surface area contributed by atoms with E-state index in [0.29, 0.717) is 0 Å². The summed E-state index contributed by atoms with van der Waals surface area (Å²) in [6.45, 7) is 5.73. The van der Waals surface area contributed by atoms with Crippen LogP contribution in [-0.2, 0) is 6.42 Å². The fourth-order valence-electron chi connectivity index (χ4n) is 2.11. The number of hydrogen-bond acceptors (Lipinski definition) is 3. The molecule has 0 radical (unpaired) electrons. The van der Waals surface area contributed by atoms with Crippen molar-refractivity contribution in [3.8, 4) is 5.75 Å². The minimum atomic E-state index is -0.176. The Bertz CT molecular complexity index is 382. The van der Waals surface area contributed by atoms with E-state index in [4.69, 9.17) is 10.5 Å². The van der Waals surface area contributed by atoms with Crippen LogP contribution in [0.1, 0.15) is 19.4 Å². The van der Waals surface area contributed by atoms with Crippen LogP contribution in [0.4, 0.5) is 5.69 Å². The molecule has 1 aromatic carbocycles. The number of hydrogen-bond donors (Lipinski definition) is 1. The van der Waals surface area contributed by atoms with Crippen molar-refractivity contribution in [1.82, 2.24) is 0 Å². The summed E-state index contributed by atoms with van der Waals surface area (Å²) in [6.07, 6.45) is 1.02. The van der Waals surface area contributed by atoms with Gasteiger partial charge in [0.25, 0.3) is 0 Å². The van der Waals surface area contributed by atoms with Gasteiger partial charge in [-0.25, -0.2) is 0 Å². The van der Waals surface area contributed by atoms with Gasteiger partial charge in [-0.1, -0.05) is 0 Å². The Morgan fingerprint density at radius 1 is 1.44 bits per heavy atom. The molecule has 1 aliphatic heterocycles.